The molecule has 1 amide bonds. The summed E-state index contributed by atoms with van der Waals surface area (Å²) < 4.78 is 1.76. The van der Waals surface area contributed by atoms with E-state index in [4.69, 9.17) is 5.73 Å². The Morgan fingerprint density at radius 2 is 2.22 bits per heavy atom. The molecule has 2 N–H and O–H groups in total. The Kier molecular flexibility index (Phi) is 5.80. The largest absolute Gasteiger partial charge is 0.345 e. The lowest BCUT2D eigenvalue weighted by molar-refractivity contribution is -0.130. The van der Waals surface area contributed by atoms with Gasteiger partial charge in [-0.2, -0.15) is 5.10 Å². The number of aryl methyl sites for hydroxylation is 1. The van der Waals surface area contributed by atoms with E-state index in [9.17, 15) is 4.79 Å². The molecule has 6 heteroatoms. The van der Waals surface area contributed by atoms with E-state index in [1.807, 2.05) is 38.4 Å². The van der Waals surface area contributed by atoms with Crippen LogP contribution in [0.3, 0.4) is 0 Å². The van der Waals surface area contributed by atoms with Gasteiger partial charge in [0.2, 0.25) is 5.91 Å². The molecular formula is C12H23N5O. The third kappa shape index (κ3) is 4.85. The van der Waals surface area contributed by atoms with Crippen molar-refractivity contribution < 1.29 is 4.79 Å². The van der Waals surface area contributed by atoms with E-state index in [0.29, 0.717) is 13.1 Å². The van der Waals surface area contributed by atoms with E-state index in [2.05, 4.69) is 5.10 Å². The molecule has 0 saturated heterocycles. The quantitative estimate of drug-likeness (QED) is 0.722. The standard InChI is InChI=1S/C12H23N5O/c1-15(8-11-7-14-17(3)9-11)10-12(18)16(2)6-4-5-13/h7,9H,4-6,8,10,13H2,1-3H3. The molecule has 0 spiro atoms. The lowest BCUT2D eigenvalue weighted by atomic mass is 10.3. The summed E-state index contributed by atoms with van der Waals surface area (Å²) in [5.41, 5.74) is 6.53. The van der Waals surface area contributed by atoms with Gasteiger partial charge in [0.15, 0.2) is 0 Å². The van der Waals surface area contributed by atoms with Gasteiger partial charge in [0.1, 0.15) is 0 Å². The van der Waals surface area contributed by atoms with Gasteiger partial charge in [-0.05, 0) is 20.0 Å². The number of carbonyl (C=O) groups excluding carboxylic acids is 1. The summed E-state index contributed by atoms with van der Waals surface area (Å²) in [5.74, 6) is 0.120. The van der Waals surface area contributed by atoms with Gasteiger partial charge in [0, 0.05) is 38.9 Å². The highest BCUT2D eigenvalue weighted by Crippen LogP contribution is 2.01. The maximum Gasteiger partial charge on any atom is 0.236 e. The van der Waals surface area contributed by atoms with Crippen molar-refractivity contribution in [2.75, 3.05) is 33.7 Å². The molecule has 18 heavy (non-hydrogen) atoms. The first-order chi connectivity index (χ1) is 8.52. The lowest BCUT2D eigenvalue weighted by Crippen LogP contribution is -2.37. The van der Waals surface area contributed by atoms with Crippen molar-refractivity contribution in [1.82, 2.24) is 19.6 Å². The summed E-state index contributed by atoms with van der Waals surface area (Å²) >= 11 is 0. The van der Waals surface area contributed by atoms with E-state index in [-0.39, 0.29) is 5.91 Å². The van der Waals surface area contributed by atoms with Crippen LogP contribution in [0.25, 0.3) is 0 Å². The molecule has 0 bridgehead atoms. The third-order valence-corrected chi connectivity index (χ3v) is 2.74. The SMILES string of the molecule is CN(CC(=O)N(C)CCCN)Cc1cnn(C)c1. The Bertz CT molecular complexity index is 376. The second-order valence-corrected chi connectivity index (χ2v) is 4.65. The Balaban J connectivity index is 2.35. The van der Waals surface area contributed by atoms with E-state index in [1.54, 1.807) is 9.58 Å². The summed E-state index contributed by atoms with van der Waals surface area (Å²) in [5, 5.41) is 4.11. The molecule has 0 fully saturated rings. The number of hydrogen-bond donors (Lipinski definition) is 1. The van der Waals surface area contributed by atoms with Crippen LogP contribution in [0, 0.1) is 0 Å². The molecule has 0 saturated carbocycles. The molecule has 1 rings (SSSR count). The van der Waals surface area contributed by atoms with Crippen molar-refractivity contribution in [3.8, 4) is 0 Å². The van der Waals surface area contributed by atoms with Crippen LogP contribution in [0.15, 0.2) is 12.4 Å². The molecule has 0 unspecified atom stereocenters. The van der Waals surface area contributed by atoms with E-state index in [1.165, 1.54) is 0 Å². The summed E-state index contributed by atoms with van der Waals surface area (Å²) in [6.07, 6.45) is 4.62. The van der Waals surface area contributed by atoms with Gasteiger partial charge in [-0.25, -0.2) is 0 Å². The molecule has 102 valence electrons. The number of likely N-dealkylation sites (N-methyl/N-ethyl adjacent to an activating group) is 2. The molecule has 0 aliphatic rings. The highest BCUT2D eigenvalue weighted by Gasteiger charge is 2.11. The summed E-state index contributed by atoms with van der Waals surface area (Å²) in [4.78, 5) is 15.6. The fourth-order valence-corrected chi connectivity index (χ4v) is 1.73. The van der Waals surface area contributed by atoms with Crippen LogP contribution in [-0.2, 0) is 18.4 Å². The molecule has 0 aliphatic carbocycles. The van der Waals surface area contributed by atoms with Crippen molar-refractivity contribution in [3.05, 3.63) is 18.0 Å². The molecule has 0 aromatic carbocycles. The fraction of sp³-hybridized carbons (Fsp3) is 0.667. The molecule has 0 aliphatic heterocycles. The summed E-state index contributed by atoms with van der Waals surface area (Å²) in [7, 11) is 5.63. The van der Waals surface area contributed by atoms with Gasteiger partial charge >= 0.3 is 0 Å². The highest BCUT2D eigenvalue weighted by molar-refractivity contribution is 5.77. The molecule has 1 heterocycles. The molecule has 1 aromatic rings. The zero-order valence-corrected chi connectivity index (χ0v) is 11.5. The molecule has 6 nitrogen and oxygen atoms in total. The molecule has 1 aromatic heterocycles. The maximum atomic E-state index is 11.9. The van der Waals surface area contributed by atoms with Crippen molar-refractivity contribution in [2.45, 2.75) is 13.0 Å². The second kappa shape index (κ2) is 7.13. The monoisotopic (exact) mass is 253 g/mol. The van der Waals surface area contributed by atoms with Crippen LogP contribution < -0.4 is 5.73 Å². The lowest BCUT2D eigenvalue weighted by Gasteiger charge is -2.21. The van der Waals surface area contributed by atoms with Gasteiger partial charge in [-0.15, -0.1) is 0 Å². The number of nitrogens with zero attached hydrogens (tertiary/aromatic N) is 4. The van der Waals surface area contributed by atoms with Gasteiger partial charge in [0.25, 0.3) is 0 Å². The Morgan fingerprint density at radius 3 is 2.78 bits per heavy atom. The van der Waals surface area contributed by atoms with Gasteiger partial charge in [-0.1, -0.05) is 0 Å². The van der Waals surface area contributed by atoms with E-state index in [0.717, 1.165) is 25.1 Å². The van der Waals surface area contributed by atoms with Crippen LogP contribution in [0.1, 0.15) is 12.0 Å². The van der Waals surface area contributed by atoms with Crippen LogP contribution in [-0.4, -0.2) is 59.2 Å². The van der Waals surface area contributed by atoms with Crippen LogP contribution in [0.4, 0.5) is 0 Å². The van der Waals surface area contributed by atoms with Crippen molar-refractivity contribution in [1.29, 1.82) is 0 Å². The third-order valence-electron chi connectivity index (χ3n) is 2.74. The summed E-state index contributed by atoms with van der Waals surface area (Å²) in [6, 6.07) is 0. The average molecular weight is 253 g/mol. The predicted molar refractivity (Wildman–Crippen MR) is 70.9 cm³/mol. The van der Waals surface area contributed by atoms with Crippen molar-refractivity contribution >= 4 is 5.91 Å². The zero-order chi connectivity index (χ0) is 13.5. The number of amides is 1. The number of hydrogen-bond acceptors (Lipinski definition) is 4. The van der Waals surface area contributed by atoms with Crippen molar-refractivity contribution in [3.63, 3.8) is 0 Å². The predicted octanol–water partition coefficient (Wildman–Crippen LogP) is -0.341. The summed E-state index contributed by atoms with van der Waals surface area (Å²) in [6.45, 7) is 2.47. The Morgan fingerprint density at radius 1 is 1.50 bits per heavy atom. The second-order valence-electron chi connectivity index (χ2n) is 4.65. The zero-order valence-electron chi connectivity index (χ0n) is 11.5. The fourth-order valence-electron chi connectivity index (χ4n) is 1.73. The van der Waals surface area contributed by atoms with Gasteiger partial charge in [0.05, 0.1) is 12.7 Å². The minimum atomic E-state index is 0.120. The minimum absolute atomic E-state index is 0.120. The molecule has 0 radical (unpaired) electrons. The Labute approximate surface area is 108 Å². The highest BCUT2D eigenvalue weighted by atomic mass is 16.2. The number of carbonyl (C=O) groups is 1. The van der Waals surface area contributed by atoms with E-state index >= 15 is 0 Å². The first kappa shape index (κ1) is 14.7. The first-order valence-electron chi connectivity index (χ1n) is 6.13. The van der Waals surface area contributed by atoms with Gasteiger partial charge < -0.3 is 10.6 Å². The van der Waals surface area contributed by atoms with Crippen LogP contribution in [0.5, 0.6) is 0 Å². The number of rotatable bonds is 7. The Hall–Kier alpha value is -1.40. The van der Waals surface area contributed by atoms with Crippen LogP contribution >= 0.6 is 0 Å². The van der Waals surface area contributed by atoms with Crippen molar-refractivity contribution in [2.24, 2.45) is 12.8 Å². The smallest absolute Gasteiger partial charge is 0.236 e. The molecule has 0 atom stereocenters. The number of nitrogens with two attached hydrogens (primary N) is 1. The minimum Gasteiger partial charge on any atom is -0.345 e. The topological polar surface area (TPSA) is 67.4 Å². The normalized spacial score (nSPS) is 10.9. The van der Waals surface area contributed by atoms with Gasteiger partial charge in [-0.3, -0.25) is 14.4 Å². The number of aromatic nitrogens is 2. The van der Waals surface area contributed by atoms with E-state index < -0.39 is 0 Å². The van der Waals surface area contributed by atoms with Crippen LogP contribution in [0.2, 0.25) is 0 Å². The first-order valence-corrected chi connectivity index (χ1v) is 6.13. The average Bonchev–Trinajstić information content (AvgIpc) is 2.71. The maximum absolute atomic E-state index is 11.9. The molecular weight excluding hydrogens is 230 g/mol.